The highest BCUT2D eigenvalue weighted by Gasteiger charge is 2.21. The number of hydrogen-bond donors (Lipinski definition) is 5. The van der Waals surface area contributed by atoms with Crippen molar-refractivity contribution in [3.05, 3.63) is 199 Å². The van der Waals surface area contributed by atoms with Crippen molar-refractivity contribution in [2.45, 2.75) is 46.6 Å². The summed E-state index contributed by atoms with van der Waals surface area (Å²) >= 11 is 17.2. The summed E-state index contributed by atoms with van der Waals surface area (Å²) in [4.78, 5) is 103. The van der Waals surface area contributed by atoms with Crippen LogP contribution in [0.25, 0.3) is 40.9 Å². The van der Waals surface area contributed by atoms with Gasteiger partial charge in [-0.05, 0) is 111 Å². The summed E-state index contributed by atoms with van der Waals surface area (Å²) in [5.41, 5.74) is 13.9. The highest BCUT2D eigenvalue weighted by molar-refractivity contribution is 7.18. The van der Waals surface area contributed by atoms with Crippen molar-refractivity contribution in [3.63, 3.8) is 0 Å². The Morgan fingerprint density at radius 3 is 1.00 bits per heavy atom. The van der Waals surface area contributed by atoms with Crippen molar-refractivity contribution in [1.29, 1.82) is 0 Å². The summed E-state index contributed by atoms with van der Waals surface area (Å²) in [5, 5.41) is 19.5. The van der Waals surface area contributed by atoms with Gasteiger partial charge < -0.3 is 60.2 Å². The number of nitrogens with one attached hydrogen (secondary N) is 4. The second-order valence-corrected chi connectivity index (χ2v) is 24.6. The highest BCUT2D eigenvalue weighted by Crippen LogP contribution is 2.28. The van der Waals surface area contributed by atoms with E-state index < -0.39 is 11.9 Å². The van der Waals surface area contributed by atoms with E-state index in [0.29, 0.717) is 120 Å². The Bertz CT molecular complexity index is 4890. The number of methoxy groups -OCH3 is 5. The van der Waals surface area contributed by atoms with E-state index in [1.807, 2.05) is 64.0 Å². The number of carbonyl (C=O) groups excluding carboxylic acids is 4. The van der Waals surface area contributed by atoms with Crippen LogP contribution in [0.15, 0.2) is 137 Å². The molecule has 13 aromatic heterocycles. The van der Waals surface area contributed by atoms with E-state index in [1.165, 1.54) is 45.3 Å². The monoisotopic (exact) mass is 1530 g/mol. The summed E-state index contributed by atoms with van der Waals surface area (Å²) < 4.78 is 37.8. The van der Waals surface area contributed by atoms with E-state index >= 15 is 0 Å². The normalized spacial score (nSPS) is 10.4. The fourth-order valence-corrected chi connectivity index (χ4v) is 12.2. The van der Waals surface area contributed by atoms with Crippen LogP contribution in [0.5, 0.6) is 29.4 Å². The van der Waals surface area contributed by atoms with Gasteiger partial charge in [-0.15, -0.1) is 57.8 Å². The van der Waals surface area contributed by atoms with E-state index in [1.54, 1.807) is 123 Å². The molecular formula is C67H65Cl3N18O11S4. The second-order valence-electron chi connectivity index (χ2n) is 20.3. The molecule has 0 radical (unpaired) electrons. The molecule has 0 fully saturated rings. The second kappa shape index (κ2) is 39.4. The van der Waals surface area contributed by atoms with Crippen LogP contribution in [0.3, 0.4) is 0 Å². The molecule has 0 unspecified atom stereocenters. The number of ether oxygens (including phenoxy) is 7. The maximum Gasteiger partial charge on any atom is 0.358 e. The predicted octanol–water partition coefficient (Wildman–Crippen LogP) is 12.1. The van der Waals surface area contributed by atoms with Crippen LogP contribution in [0.1, 0.15) is 83.6 Å². The van der Waals surface area contributed by atoms with Crippen LogP contribution >= 0.6 is 81.0 Å². The molecule has 103 heavy (non-hydrogen) atoms. The van der Waals surface area contributed by atoms with Gasteiger partial charge in [-0.1, -0.05) is 30.3 Å². The molecule has 0 saturated carbocycles. The number of thiophene rings is 4. The summed E-state index contributed by atoms with van der Waals surface area (Å²) in [6.45, 7) is 6.25. The number of hydrogen-bond acceptors (Lipinski definition) is 31. The number of halogens is 3. The molecule has 0 aliphatic rings. The first-order valence-electron chi connectivity index (χ1n) is 30.5. The molecule has 534 valence electrons. The minimum absolute atomic E-state index is 0. The van der Waals surface area contributed by atoms with Crippen LogP contribution in [0.4, 0.5) is 11.9 Å². The predicted molar refractivity (Wildman–Crippen MR) is 398 cm³/mol. The number of aromatic nitrogens is 13. The van der Waals surface area contributed by atoms with Crippen molar-refractivity contribution < 1.29 is 52.3 Å². The van der Waals surface area contributed by atoms with Crippen molar-refractivity contribution in [2.24, 2.45) is 5.73 Å². The zero-order chi connectivity index (χ0) is 72.3. The average molecular weight is 1530 g/mol. The summed E-state index contributed by atoms with van der Waals surface area (Å²) in [6.07, 6.45) is 8.44. The van der Waals surface area contributed by atoms with Crippen LogP contribution in [-0.4, -0.2) is 137 Å². The van der Waals surface area contributed by atoms with Crippen LogP contribution < -0.4 is 50.7 Å². The molecule has 2 amide bonds. The number of fused-ring (bicyclic) bond motifs is 4. The van der Waals surface area contributed by atoms with Crippen molar-refractivity contribution in [1.82, 2.24) is 75.4 Å². The van der Waals surface area contributed by atoms with Gasteiger partial charge in [0.25, 0.3) is 11.8 Å². The molecule has 29 nitrogen and oxygen atoms in total. The SMILES string of the molecule is CCOC(=O)c1nc(Cl)nc2ccsc12.CCOC(=O)c1nc(NCc2ccc(OC)nc2)nc2ccsc12.COc1ccc(CN)cn1.COc1ccc(CNC(=O)c2nc(Cl)nc3ccsc23)cn1.COc1ccc(CNC(=O)c2nc(NCc3ccc(OC)nc3)nc3ccsc23)cn1.Cl. The van der Waals surface area contributed by atoms with Crippen molar-refractivity contribution >= 4 is 157 Å². The molecule has 13 aromatic rings. The topological polar surface area (TPSA) is 375 Å². The zero-order valence-electron chi connectivity index (χ0n) is 55.9. The van der Waals surface area contributed by atoms with Gasteiger partial charge in [0.15, 0.2) is 22.8 Å². The van der Waals surface area contributed by atoms with Crippen molar-refractivity contribution in [2.75, 3.05) is 59.4 Å². The summed E-state index contributed by atoms with van der Waals surface area (Å²) in [5.74, 6) is 2.04. The number of nitrogens with two attached hydrogens (primary N) is 1. The first kappa shape index (κ1) is 77.9. The lowest BCUT2D eigenvalue weighted by Crippen LogP contribution is -2.24. The smallest absolute Gasteiger partial charge is 0.358 e. The average Bonchev–Trinajstić information content (AvgIpc) is 1.71. The fourth-order valence-electron chi connectivity index (χ4n) is 8.63. The van der Waals surface area contributed by atoms with E-state index in [-0.39, 0.29) is 51.9 Å². The number of esters is 2. The Balaban J connectivity index is 0.000000170. The van der Waals surface area contributed by atoms with Gasteiger partial charge >= 0.3 is 11.9 Å². The maximum atomic E-state index is 12.9. The molecule has 6 N–H and O–H groups in total. The number of amides is 2. The van der Waals surface area contributed by atoms with Gasteiger partial charge in [-0.3, -0.25) is 9.59 Å². The Hall–Kier alpha value is -10.8. The number of carbonyl (C=O) groups is 4. The van der Waals surface area contributed by atoms with Gasteiger partial charge in [-0.2, -0.15) is 0 Å². The van der Waals surface area contributed by atoms with Crippen LogP contribution in [0, 0.1) is 0 Å². The third-order valence-electron chi connectivity index (χ3n) is 13.6. The van der Waals surface area contributed by atoms with Gasteiger partial charge in [-0.25, -0.2) is 74.4 Å². The molecule has 0 atom stereocenters. The van der Waals surface area contributed by atoms with Gasteiger partial charge in [0.1, 0.15) is 0 Å². The lowest BCUT2D eigenvalue weighted by Gasteiger charge is -2.09. The Labute approximate surface area is 620 Å². The van der Waals surface area contributed by atoms with E-state index in [2.05, 4.69) is 86.1 Å². The molecule has 36 heteroatoms. The number of nitrogens with zero attached hydrogens (tertiary/aromatic N) is 13. The third-order valence-corrected chi connectivity index (χ3v) is 17.6. The molecule has 0 bridgehead atoms. The third kappa shape index (κ3) is 22.1. The quantitative estimate of drug-likeness (QED) is 0.0311. The van der Waals surface area contributed by atoms with E-state index in [0.717, 1.165) is 41.9 Å². The van der Waals surface area contributed by atoms with E-state index in [4.69, 9.17) is 62.1 Å². The highest BCUT2D eigenvalue weighted by atomic mass is 35.5. The number of anilines is 2. The summed E-state index contributed by atoms with van der Waals surface area (Å²) in [7, 11) is 7.84. The first-order chi connectivity index (χ1) is 49.6. The Morgan fingerprint density at radius 1 is 0.388 bits per heavy atom. The number of pyridine rings is 5. The lowest BCUT2D eigenvalue weighted by molar-refractivity contribution is 0.0513. The Kier molecular flexibility index (Phi) is 29.8. The molecule has 0 aliphatic carbocycles. The van der Waals surface area contributed by atoms with Gasteiger partial charge in [0, 0.05) is 94.0 Å². The zero-order valence-corrected chi connectivity index (χ0v) is 61.5. The largest absolute Gasteiger partial charge is 0.481 e. The molecule has 0 aliphatic heterocycles. The number of rotatable bonds is 22. The molecule has 0 aromatic carbocycles. The van der Waals surface area contributed by atoms with Crippen molar-refractivity contribution in [3.8, 4) is 29.4 Å². The molecular weight excluding hydrogens is 1470 g/mol. The van der Waals surface area contributed by atoms with Gasteiger partial charge in [0.2, 0.25) is 51.9 Å². The molecule has 0 saturated heterocycles. The standard InChI is InChI=1S/C21H20N6O3S.C16H16N4O3S.C14H11ClN4O2S.C9H7ClN2O2S.C7H10N2O.ClH/c1-29-16-5-3-13(9-22-16)11-24-20(28)18-19-15(7-8-31-19)26-21(27-18)25-12-14-4-6-17(30-2)23-10-14;1-3-23-15(21)13-14-11(6-7-24-14)19-16(20-13)18-9-10-4-5-12(22-2)17-8-10;1-21-10-3-2-8(6-16-10)7-17-13(20)11-12-9(4-5-22-12)18-14(15)19-11;1-2-14-8(13)6-7-5(3-4-15-7)11-9(10)12-6;1-10-7-3-2-6(4-8)5-9-7;/h3-10H,11-12H2,1-2H3,(H,24,28)(H,25,26,27);4-8H,3,9H2,1-2H3,(H,18,19,20);2-6H,7H2,1H3,(H,17,20);3-4H,2H2,1H3;2-3,5H,4,8H2,1H3;1H. The molecule has 13 heterocycles. The summed E-state index contributed by atoms with van der Waals surface area (Å²) in [6, 6.07) is 25.5. The maximum absolute atomic E-state index is 12.9. The minimum Gasteiger partial charge on any atom is -0.481 e. The van der Waals surface area contributed by atoms with Crippen LogP contribution in [0.2, 0.25) is 10.6 Å². The fraction of sp³-hybridized carbons (Fsp3) is 0.209. The first-order valence-corrected chi connectivity index (χ1v) is 34.8. The lowest BCUT2D eigenvalue weighted by atomic mass is 10.2. The van der Waals surface area contributed by atoms with E-state index in [9.17, 15) is 19.2 Å². The van der Waals surface area contributed by atoms with Crippen LogP contribution in [-0.2, 0) is 42.2 Å². The Morgan fingerprint density at radius 2 is 0.680 bits per heavy atom. The van der Waals surface area contributed by atoms with Gasteiger partial charge in [0.05, 0.1) is 89.6 Å². The molecule has 13 rings (SSSR count). The molecule has 0 spiro atoms. The minimum atomic E-state index is -0.464.